The van der Waals surface area contributed by atoms with Crippen LogP contribution in [0.15, 0.2) is 30.3 Å². The largest absolute Gasteiger partial charge is 0.445 e. The molecule has 20 heavy (non-hydrogen) atoms. The van der Waals surface area contributed by atoms with Gasteiger partial charge in [0, 0.05) is 16.8 Å². The monoisotopic (exact) mass is 339 g/mol. The molecule has 108 valence electrons. The molecular formula is C15H18BrNO3. The quantitative estimate of drug-likeness (QED) is 0.841. The predicted molar refractivity (Wildman–Crippen MR) is 78.5 cm³/mol. The van der Waals surface area contributed by atoms with E-state index in [0.29, 0.717) is 19.0 Å². The number of fused-ring (bicyclic) bond motifs is 1. The molecule has 2 fully saturated rings. The molecule has 3 rings (SSSR count). The topological polar surface area (TPSA) is 49.8 Å². The van der Waals surface area contributed by atoms with Crippen molar-refractivity contribution in [2.75, 3.05) is 13.1 Å². The Labute approximate surface area is 126 Å². The van der Waals surface area contributed by atoms with E-state index in [4.69, 9.17) is 4.74 Å². The lowest BCUT2D eigenvalue weighted by Gasteiger charge is -2.28. The van der Waals surface area contributed by atoms with Gasteiger partial charge in [0.2, 0.25) is 0 Å². The average molecular weight is 340 g/mol. The van der Waals surface area contributed by atoms with Crippen LogP contribution in [0.5, 0.6) is 0 Å². The predicted octanol–water partition coefficient (Wildman–Crippen LogP) is 2.40. The first kappa shape index (κ1) is 13.9. The second-order valence-corrected chi connectivity index (χ2v) is 7.50. The number of likely N-dealkylation sites (tertiary alicyclic amines) is 1. The van der Waals surface area contributed by atoms with Crippen LogP contribution in [0.25, 0.3) is 0 Å². The normalized spacial score (nSPS) is 35.4. The summed E-state index contributed by atoms with van der Waals surface area (Å²) in [6, 6.07) is 9.60. The van der Waals surface area contributed by atoms with Crippen LogP contribution in [0.1, 0.15) is 12.5 Å². The SMILES string of the molecule is CC1(Br)C2CN(C(=O)OCc3ccccc3)CC(O)C21. The number of hydrogen-bond acceptors (Lipinski definition) is 3. The van der Waals surface area contributed by atoms with Gasteiger partial charge in [0.1, 0.15) is 6.61 Å². The van der Waals surface area contributed by atoms with Gasteiger partial charge in [0.25, 0.3) is 0 Å². The van der Waals surface area contributed by atoms with E-state index in [0.717, 1.165) is 5.56 Å². The molecule has 1 heterocycles. The van der Waals surface area contributed by atoms with Crippen molar-refractivity contribution in [1.29, 1.82) is 0 Å². The summed E-state index contributed by atoms with van der Waals surface area (Å²) in [5, 5.41) is 10.1. The number of alkyl halides is 1. The van der Waals surface area contributed by atoms with E-state index in [1.54, 1.807) is 4.90 Å². The third-order valence-corrected chi connectivity index (χ3v) is 5.52. The molecule has 1 aromatic carbocycles. The number of benzene rings is 1. The Morgan fingerprint density at radius 3 is 2.80 bits per heavy atom. The maximum atomic E-state index is 12.1. The van der Waals surface area contributed by atoms with Gasteiger partial charge in [-0.3, -0.25) is 0 Å². The third kappa shape index (κ3) is 2.44. The molecular weight excluding hydrogens is 322 g/mol. The summed E-state index contributed by atoms with van der Waals surface area (Å²) in [6.45, 7) is 3.35. The Morgan fingerprint density at radius 2 is 2.15 bits per heavy atom. The highest BCUT2D eigenvalue weighted by atomic mass is 79.9. The number of amides is 1. The first-order chi connectivity index (χ1) is 9.50. The van der Waals surface area contributed by atoms with Crippen molar-refractivity contribution >= 4 is 22.0 Å². The van der Waals surface area contributed by atoms with Crippen molar-refractivity contribution in [2.24, 2.45) is 11.8 Å². The van der Waals surface area contributed by atoms with Crippen molar-refractivity contribution in [2.45, 2.75) is 24.0 Å². The fourth-order valence-corrected chi connectivity index (χ4v) is 4.07. The molecule has 4 unspecified atom stereocenters. The Bertz CT molecular complexity index is 505. The molecule has 1 amide bonds. The van der Waals surface area contributed by atoms with Gasteiger partial charge in [-0.15, -0.1) is 0 Å². The van der Waals surface area contributed by atoms with Crippen molar-refractivity contribution < 1.29 is 14.6 Å². The number of aliphatic hydroxyl groups excluding tert-OH is 1. The lowest BCUT2D eigenvalue weighted by Crippen LogP contribution is -2.43. The summed E-state index contributed by atoms with van der Waals surface area (Å²) in [5.74, 6) is 0.566. The Morgan fingerprint density at radius 1 is 1.45 bits per heavy atom. The zero-order chi connectivity index (χ0) is 14.3. The van der Waals surface area contributed by atoms with Gasteiger partial charge >= 0.3 is 6.09 Å². The number of piperidine rings is 1. The van der Waals surface area contributed by atoms with Crippen molar-refractivity contribution in [3.05, 3.63) is 35.9 Å². The van der Waals surface area contributed by atoms with E-state index < -0.39 is 6.10 Å². The minimum atomic E-state index is -0.470. The molecule has 0 aromatic heterocycles. The maximum Gasteiger partial charge on any atom is 0.410 e. The highest BCUT2D eigenvalue weighted by Gasteiger charge is 2.65. The van der Waals surface area contributed by atoms with Crippen LogP contribution >= 0.6 is 15.9 Å². The highest BCUT2D eigenvalue weighted by Crippen LogP contribution is 2.60. The lowest BCUT2D eigenvalue weighted by atomic mass is 10.1. The van der Waals surface area contributed by atoms with Crippen LogP contribution in [0, 0.1) is 11.8 Å². The number of halogens is 1. The first-order valence-corrected chi connectivity index (χ1v) is 7.62. The molecule has 1 N–H and O–H groups in total. The van der Waals surface area contributed by atoms with Crippen LogP contribution in [0.3, 0.4) is 0 Å². The van der Waals surface area contributed by atoms with Crippen LogP contribution in [0.2, 0.25) is 0 Å². The van der Waals surface area contributed by atoms with Gasteiger partial charge < -0.3 is 14.7 Å². The van der Waals surface area contributed by atoms with Crippen LogP contribution in [-0.2, 0) is 11.3 Å². The van der Waals surface area contributed by atoms with E-state index in [9.17, 15) is 9.90 Å². The summed E-state index contributed by atoms with van der Waals surface area (Å²) in [4.78, 5) is 13.7. The zero-order valence-corrected chi connectivity index (χ0v) is 12.9. The number of ether oxygens (including phenoxy) is 1. The number of nitrogens with zero attached hydrogens (tertiary/aromatic N) is 1. The minimum absolute atomic E-state index is 0.0408. The molecule has 1 aliphatic heterocycles. The molecule has 1 saturated carbocycles. The highest BCUT2D eigenvalue weighted by molar-refractivity contribution is 9.10. The molecule has 0 spiro atoms. The molecule has 5 heteroatoms. The van der Waals surface area contributed by atoms with Crippen LogP contribution < -0.4 is 0 Å². The van der Waals surface area contributed by atoms with Gasteiger partial charge in [0.15, 0.2) is 0 Å². The van der Waals surface area contributed by atoms with Gasteiger partial charge in [0.05, 0.1) is 12.6 Å². The van der Waals surface area contributed by atoms with Crippen LogP contribution in [0.4, 0.5) is 4.79 Å². The number of carbonyl (C=O) groups is 1. The van der Waals surface area contributed by atoms with E-state index in [1.807, 2.05) is 30.3 Å². The van der Waals surface area contributed by atoms with Gasteiger partial charge in [-0.1, -0.05) is 46.3 Å². The molecule has 0 radical (unpaired) electrons. The van der Waals surface area contributed by atoms with E-state index in [2.05, 4.69) is 22.9 Å². The summed E-state index contributed by atoms with van der Waals surface area (Å²) in [6.07, 6.45) is -0.816. The second kappa shape index (κ2) is 5.04. The van der Waals surface area contributed by atoms with Crippen molar-refractivity contribution in [3.8, 4) is 0 Å². The lowest BCUT2D eigenvalue weighted by molar-refractivity contribution is 0.0402. The number of carbonyl (C=O) groups excluding carboxylic acids is 1. The summed E-state index contributed by atoms with van der Waals surface area (Å²) < 4.78 is 5.27. The van der Waals surface area contributed by atoms with Crippen molar-refractivity contribution in [1.82, 2.24) is 4.90 Å². The molecule has 4 nitrogen and oxygen atoms in total. The third-order valence-electron chi connectivity index (χ3n) is 4.40. The number of aliphatic hydroxyl groups is 1. The Kier molecular flexibility index (Phi) is 3.50. The summed E-state index contributed by atoms with van der Waals surface area (Å²) >= 11 is 3.63. The molecule has 1 aliphatic carbocycles. The van der Waals surface area contributed by atoms with Crippen molar-refractivity contribution in [3.63, 3.8) is 0 Å². The smallest absolute Gasteiger partial charge is 0.410 e. The minimum Gasteiger partial charge on any atom is -0.445 e. The number of β-amino-alcohol motifs (C(OH)–C–C–N with tert-alkyl or cyclic N) is 1. The summed E-state index contributed by atoms with van der Waals surface area (Å²) in [5.41, 5.74) is 0.966. The van der Waals surface area contributed by atoms with E-state index in [1.165, 1.54) is 0 Å². The van der Waals surface area contributed by atoms with Gasteiger partial charge in [-0.25, -0.2) is 4.79 Å². The average Bonchev–Trinajstić information content (AvgIpc) is 3.00. The zero-order valence-electron chi connectivity index (χ0n) is 11.3. The second-order valence-electron chi connectivity index (χ2n) is 5.80. The number of rotatable bonds is 2. The fourth-order valence-electron chi connectivity index (χ4n) is 3.15. The first-order valence-electron chi connectivity index (χ1n) is 6.82. The molecule has 0 bridgehead atoms. The fraction of sp³-hybridized carbons (Fsp3) is 0.533. The van der Waals surface area contributed by atoms with Gasteiger partial charge in [-0.05, 0) is 18.4 Å². The maximum absolute atomic E-state index is 12.1. The standard InChI is InChI=1S/C15H18BrNO3/c1-15(16)11-7-17(8-12(18)13(11)15)14(19)20-9-10-5-3-2-4-6-10/h2-6,11-13,18H,7-9H2,1H3. The molecule has 4 atom stereocenters. The van der Waals surface area contributed by atoms with Gasteiger partial charge in [-0.2, -0.15) is 0 Å². The summed E-state index contributed by atoms with van der Waals surface area (Å²) in [7, 11) is 0. The molecule has 1 saturated heterocycles. The van der Waals surface area contributed by atoms with Crippen LogP contribution in [-0.4, -0.2) is 39.6 Å². The van der Waals surface area contributed by atoms with E-state index >= 15 is 0 Å². The van der Waals surface area contributed by atoms with E-state index in [-0.39, 0.29) is 22.9 Å². The Hall–Kier alpha value is -1.07. The molecule has 1 aromatic rings. The molecule has 2 aliphatic rings. The Balaban J connectivity index is 1.56. The number of hydrogen-bond donors (Lipinski definition) is 1.